The molecular formula is C14H19N3O. The summed E-state index contributed by atoms with van der Waals surface area (Å²) in [5.41, 5.74) is 2.65. The van der Waals surface area contributed by atoms with Gasteiger partial charge in [0, 0.05) is 25.4 Å². The molecule has 0 aliphatic carbocycles. The van der Waals surface area contributed by atoms with Gasteiger partial charge in [0.15, 0.2) is 0 Å². The van der Waals surface area contributed by atoms with Crippen LogP contribution in [0.3, 0.4) is 0 Å². The maximum Gasteiger partial charge on any atom is 0.147 e. The van der Waals surface area contributed by atoms with E-state index in [1.165, 1.54) is 0 Å². The second kappa shape index (κ2) is 5.36. The van der Waals surface area contributed by atoms with Gasteiger partial charge < -0.3 is 9.64 Å². The SMILES string of the molecule is Cc1cc(C)c(C#N)c(N2CCCOC(C)C2)n1. The Morgan fingerprint density at radius 1 is 1.50 bits per heavy atom. The lowest BCUT2D eigenvalue weighted by Crippen LogP contribution is -2.31. The maximum absolute atomic E-state index is 9.31. The Morgan fingerprint density at radius 3 is 3.00 bits per heavy atom. The Hall–Kier alpha value is -1.60. The van der Waals surface area contributed by atoms with Gasteiger partial charge in [0.2, 0.25) is 0 Å². The van der Waals surface area contributed by atoms with Crippen molar-refractivity contribution in [1.82, 2.24) is 4.98 Å². The van der Waals surface area contributed by atoms with E-state index in [4.69, 9.17) is 4.74 Å². The second-order valence-corrected chi connectivity index (χ2v) is 4.87. The minimum atomic E-state index is 0.182. The van der Waals surface area contributed by atoms with E-state index < -0.39 is 0 Å². The van der Waals surface area contributed by atoms with Gasteiger partial charge in [-0.05, 0) is 38.8 Å². The normalized spacial score (nSPS) is 20.3. The number of ether oxygens (including phenoxy) is 1. The quantitative estimate of drug-likeness (QED) is 0.761. The van der Waals surface area contributed by atoms with Crippen LogP contribution in [0.25, 0.3) is 0 Å². The van der Waals surface area contributed by atoms with Gasteiger partial charge in [0.1, 0.15) is 11.9 Å². The summed E-state index contributed by atoms with van der Waals surface area (Å²) >= 11 is 0. The third kappa shape index (κ3) is 2.62. The van der Waals surface area contributed by atoms with Gasteiger partial charge in [-0.1, -0.05) is 0 Å². The minimum absolute atomic E-state index is 0.182. The molecule has 1 aliphatic heterocycles. The van der Waals surface area contributed by atoms with E-state index in [1.807, 2.05) is 19.9 Å². The van der Waals surface area contributed by atoms with Crippen LogP contribution in [0.1, 0.15) is 30.2 Å². The van der Waals surface area contributed by atoms with Crippen molar-refractivity contribution in [3.8, 4) is 6.07 Å². The molecule has 0 bridgehead atoms. The summed E-state index contributed by atoms with van der Waals surface area (Å²) in [7, 11) is 0. The molecule has 1 aliphatic rings. The fraction of sp³-hybridized carbons (Fsp3) is 0.571. The van der Waals surface area contributed by atoms with Crippen molar-refractivity contribution in [2.75, 3.05) is 24.6 Å². The molecule has 1 unspecified atom stereocenters. The van der Waals surface area contributed by atoms with Gasteiger partial charge in [-0.25, -0.2) is 4.98 Å². The maximum atomic E-state index is 9.31. The van der Waals surface area contributed by atoms with Crippen LogP contribution < -0.4 is 4.90 Å². The van der Waals surface area contributed by atoms with Crippen LogP contribution in [-0.4, -0.2) is 30.8 Å². The van der Waals surface area contributed by atoms with Gasteiger partial charge in [-0.15, -0.1) is 0 Å². The number of nitrogens with zero attached hydrogens (tertiary/aromatic N) is 3. The fourth-order valence-electron chi connectivity index (χ4n) is 2.37. The zero-order chi connectivity index (χ0) is 13.1. The first-order valence-electron chi connectivity index (χ1n) is 6.36. The van der Waals surface area contributed by atoms with Gasteiger partial charge in [-0.3, -0.25) is 0 Å². The predicted octanol–water partition coefficient (Wildman–Crippen LogP) is 2.19. The summed E-state index contributed by atoms with van der Waals surface area (Å²) in [4.78, 5) is 6.73. The van der Waals surface area contributed by atoms with Crippen LogP contribution in [-0.2, 0) is 4.74 Å². The first kappa shape index (κ1) is 12.8. The molecule has 1 aromatic rings. The van der Waals surface area contributed by atoms with E-state index >= 15 is 0 Å². The monoisotopic (exact) mass is 245 g/mol. The molecule has 1 fully saturated rings. The molecule has 1 saturated heterocycles. The van der Waals surface area contributed by atoms with Crippen LogP contribution in [0, 0.1) is 25.2 Å². The number of hydrogen-bond acceptors (Lipinski definition) is 4. The molecule has 0 saturated carbocycles. The zero-order valence-electron chi connectivity index (χ0n) is 11.2. The highest BCUT2D eigenvalue weighted by molar-refractivity contribution is 5.58. The molecule has 18 heavy (non-hydrogen) atoms. The lowest BCUT2D eigenvalue weighted by Gasteiger charge is -2.25. The summed E-state index contributed by atoms with van der Waals surface area (Å²) in [5, 5.41) is 9.31. The highest BCUT2D eigenvalue weighted by Gasteiger charge is 2.20. The summed E-state index contributed by atoms with van der Waals surface area (Å²) in [6, 6.07) is 4.24. The number of aryl methyl sites for hydroxylation is 2. The van der Waals surface area contributed by atoms with Crippen LogP contribution in [0.5, 0.6) is 0 Å². The summed E-state index contributed by atoms with van der Waals surface area (Å²) in [6.07, 6.45) is 1.16. The average molecular weight is 245 g/mol. The smallest absolute Gasteiger partial charge is 0.147 e. The van der Waals surface area contributed by atoms with Crippen LogP contribution in [0.15, 0.2) is 6.07 Å². The highest BCUT2D eigenvalue weighted by atomic mass is 16.5. The zero-order valence-corrected chi connectivity index (χ0v) is 11.2. The van der Waals surface area contributed by atoms with Crippen LogP contribution >= 0.6 is 0 Å². The predicted molar refractivity (Wildman–Crippen MR) is 70.7 cm³/mol. The third-order valence-electron chi connectivity index (χ3n) is 3.19. The number of aromatic nitrogens is 1. The van der Waals surface area contributed by atoms with E-state index in [1.54, 1.807) is 0 Å². The van der Waals surface area contributed by atoms with Gasteiger partial charge in [0.05, 0.1) is 11.7 Å². The molecule has 0 aromatic carbocycles. The lowest BCUT2D eigenvalue weighted by atomic mass is 10.1. The average Bonchev–Trinajstić information content (AvgIpc) is 2.53. The lowest BCUT2D eigenvalue weighted by molar-refractivity contribution is 0.0820. The van der Waals surface area contributed by atoms with Gasteiger partial charge in [0.25, 0.3) is 0 Å². The number of rotatable bonds is 1. The van der Waals surface area contributed by atoms with E-state index in [-0.39, 0.29) is 6.10 Å². The molecule has 0 radical (unpaired) electrons. The van der Waals surface area contributed by atoms with Crippen LogP contribution in [0.4, 0.5) is 5.82 Å². The fourth-order valence-corrected chi connectivity index (χ4v) is 2.37. The molecule has 4 nitrogen and oxygen atoms in total. The summed E-state index contributed by atoms with van der Waals surface area (Å²) in [5.74, 6) is 0.812. The van der Waals surface area contributed by atoms with Gasteiger partial charge >= 0.3 is 0 Å². The van der Waals surface area contributed by atoms with Crippen molar-refractivity contribution in [1.29, 1.82) is 5.26 Å². The molecule has 0 N–H and O–H groups in total. The number of pyridine rings is 1. The molecule has 0 amide bonds. The molecule has 0 spiro atoms. The Morgan fingerprint density at radius 2 is 2.28 bits per heavy atom. The number of anilines is 1. The molecule has 96 valence electrons. The Bertz CT molecular complexity index is 479. The molecular weight excluding hydrogens is 226 g/mol. The summed E-state index contributed by atoms with van der Waals surface area (Å²) < 4.78 is 5.64. The van der Waals surface area contributed by atoms with Crippen molar-refractivity contribution in [2.24, 2.45) is 0 Å². The van der Waals surface area contributed by atoms with E-state index in [0.29, 0.717) is 5.56 Å². The van der Waals surface area contributed by atoms with E-state index in [9.17, 15) is 5.26 Å². The molecule has 1 atom stereocenters. The van der Waals surface area contributed by atoms with Crippen molar-refractivity contribution in [3.63, 3.8) is 0 Å². The van der Waals surface area contributed by atoms with E-state index in [0.717, 1.165) is 43.2 Å². The Balaban J connectivity index is 2.40. The van der Waals surface area contributed by atoms with Crippen molar-refractivity contribution >= 4 is 5.82 Å². The largest absolute Gasteiger partial charge is 0.377 e. The summed E-state index contributed by atoms with van der Waals surface area (Å²) in [6.45, 7) is 8.47. The number of hydrogen-bond donors (Lipinski definition) is 0. The first-order chi connectivity index (χ1) is 8.61. The molecule has 2 rings (SSSR count). The highest BCUT2D eigenvalue weighted by Crippen LogP contribution is 2.23. The van der Waals surface area contributed by atoms with Crippen molar-refractivity contribution in [2.45, 2.75) is 33.3 Å². The van der Waals surface area contributed by atoms with Crippen molar-refractivity contribution < 1.29 is 4.74 Å². The van der Waals surface area contributed by atoms with Crippen LogP contribution in [0.2, 0.25) is 0 Å². The number of nitriles is 1. The second-order valence-electron chi connectivity index (χ2n) is 4.87. The molecule has 2 heterocycles. The topological polar surface area (TPSA) is 49.2 Å². The van der Waals surface area contributed by atoms with Crippen molar-refractivity contribution in [3.05, 3.63) is 22.9 Å². The van der Waals surface area contributed by atoms with Gasteiger partial charge in [-0.2, -0.15) is 5.26 Å². The molecule has 4 heteroatoms. The van der Waals surface area contributed by atoms with E-state index in [2.05, 4.69) is 22.9 Å². The standard InChI is InChI=1S/C14H19N3O/c1-10-7-11(2)16-14(13(10)8-15)17-5-4-6-18-12(3)9-17/h7,12H,4-6,9H2,1-3H3. The Kier molecular flexibility index (Phi) is 3.83. The first-order valence-corrected chi connectivity index (χ1v) is 6.36. The Labute approximate surface area is 108 Å². The third-order valence-corrected chi connectivity index (χ3v) is 3.19. The molecule has 1 aromatic heterocycles. The minimum Gasteiger partial charge on any atom is -0.377 e.